The average molecular weight is 498 g/mol. The molecule has 2 aliphatic heterocycles. The maximum atomic E-state index is 12.9. The van der Waals surface area contributed by atoms with Gasteiger partial charge in [-0.1, -0.05) is 0 Å². The zero-order chi connectivity index (χ0) is 26.0. The summed E-state index contributed by atoms with van der Waals surface area (Å²) >= 11 is 0. The van der Waals surface area contributed by atoms with Crippen molar-refractivity contribution in [2.45, 2.75) is 77.4 Å². The van der Waals surface area contributed by atoms with Crippen LogP contribution in [0.4, 0.5) is 4.79 Å². The van der Waals surface area contributed by atoms with Gasteiger partial charge >= 0.3 is 12.1 Å². The lowest BCUT2D eigenvalue weighted by molar-refractivity contribution is -0.141. The van der Waals surface area contributed by atoms with Crippen LogP contribution in [0, 0.1) is 11.8 Å². The van der Waals surface area contributed by atoms with Crippen LogP contribution in [0.25, 0.3) is 0 Å². The summed E-state index contributed by atoms with van der Waals surface area (Å²) in [6, 6.07) is -0.461. The van der Waals surface area contributed by atoms with E-state index in [0.717, 1.165) is 25.7 Å². The first kappa shape index (κ1) is 28.9. The fourth-order valence-corrected chi connectivity index (χ4v) is 4.59. The molecule has 2 fully saturated rings. The third kappa shape index (κ3) is 10.0. The highest BCUT2D eigenvalue weighted by molar-refractivity contribution is 5.82. The van der Waals surface area contributed by atoms with Crippen molar-refractivity contribution < 1.29 is 33.4 Å². The molecule has 0 bridgehead atoms. The molecule has 0 aromatic heterocycles. The van der Waals surface area contributed by atoms with Gasteiger partial charge < -0.3 is 29.3 Å². The van der Waals surface area contributed by atoms with Crippen LogP contribution in [-0.2, 0) is 28.6 Å². The molecule has 1 N–H and O–H groups in total. The number of nitrogens with one attached hydrogen (secondary N) is 1. The van der Waals surface area contributed by atoms with Crippen molar-refractivity contribution in [3.8, 4) is 0 Å². The summed E-state index contributed by atoms with van der Waals surface area (Å²) in [5, 5.41) is 2.88. The van der Waals surface area contributed by atoms with Crippen molar-refractivity contribution in [3.63, 3.8) is 0 Å². The van der Waals surface area contributed by atoms with Gasteiger partial charge in [0.1, 0.15) is 5.60 Å². The monoisotopic (exact) mass is 497 g/mol. The molecule has 0 spiro atoms. The van der Waals surface area contributed by atoms with Crippen LogP contribution in [0.15, 0.2) is 0 Å². The molecule has 0 aliphatic carbocycles. The van der Waals surface area contributed by atoms with Crippen molar-refractivity contribution in [2.24, 2.45) is 11.8 Å². The van der Waals surface area contributed by atoms with Gasteiger partial charge in [0.15, 0.2) is 0 Å². The first-order chi connectivity index (χ1) is 16.5. The molecule has 35 heavy (non-hydrogen) atoms. The highest BCUT2D eigenvalue weighted by Crippen LogP contribution is 2.25. The Hall–Kier alpha value is -2.36. The number of ether oxygens (including phenoxy) is 3. The highest BCUT2D eigenvalue weighted by atomic mass is 16.6. The molecule has 3 amide bonds. The van der Waals surface area contributed by atoms with E-state index >= 15 is 0 Å². The van der Waals surface area contributed by atoms with E-state index in [-0.39, 0.29) is 36.9 Å². The quantitative estimate of drug-likeness (QED) is 0.486. The second kappa shape index (κ2) is 13.7. The van der Waals surface area contributed by atoms with Gasteiger partial charge in [0.25, 0.3) is 0 Å². The van der Waals surface area contributed by atoms with Gasteiger partial charge in [-0.05, 0) is 58.8 Å². The van der Waals surface area contributed by atoms with E-state index in [0.29, 0.717) is 44.9 Å². The molecule has 10 nitrogen and oxygen atoms in total. The molecule has 0 saturated carbocycles. The predicted octanol–water partition coefficient (Wildman–Crippen LogP) is 2.35. The number of carbonyl (C=O) groups is 4. The molecule has 200 valence electrons. The largest absolute Gasteiger partial charge is 0.469 e. The third-order valence-corrected chi connectivity index (χ3v) is 6.53. The maximum absolute atomic E-state index is 12.9. The average Bonchev–Trinajstić information content (AvgIpc) is 2.81. The topological polar surface area (TPSA) is 114 Å². The van der Waals surface area contributed by atoms with Crippen LogP contribution < -0.4 is 5.32 Å². The normalized spacial score (nSPS) is 20.2. The van der Waals surface area contributed by atoms with Gasteiger partial charge in [0, 0.05) is 39.7 Å². The van der Waals surface area contributed by atoms with Gasteiger partial charge in [0.05, 0.1) is 32.1 Å². The third-order valence-electron chi connectivity index (χ3n) is 6.53. The van der Waals surface area contributed by atoms with Crippen LogP contribution in [0.5, 0.6) is 0 Å². The summed E-state index contributed by atoms with van der Waals surface area (Å²) in [6.07, 6.45) is 4.18. The van der Waals surface area contributed by atoms with E-state index in [1.807, 2.05) is 20.8 Å². The predicted molar refractivity (Wildman–Crippen MR) is 130 cm³/mol. The first-order valence-corrected chi connectivity index (χ1v) is 12.6. The van der Waals surface area contributed by atoms with E-state index in [1.165, 1.54) is 14.2 Å². The number of hydrogen-bond acceptors (Lipinski definition) is 7. The molecular weight excluding hydrogens is 454 g/mol. The molecule has 2 aliphatic rings. The number of likely N-dealkylation sites (tertiary alicyclic amines) is 2. The Morgan fingerprint density at radius 2 is 1.69 bits per heavy atom. The number of amides is 3. The smallest absolute Gasteiger partial charge is 0.410 e. The molecule has 2 atom stereocenters. The van der Waals surface area contributed by atoms with Crippen LogP contribution in [0.1, 0.15) is 65.7 Å². The Balaban J connectivity index is 1.76. The van der Waals surface area contributed by atoms with Gasteiger partial charge in [-0.15, -0.1) is 0 Å². The van der Waals surface area contributed by atoms with Crippen LogP contribution in [0.2, 0.25) is 0 Å². The molecule has 2 heterocycles. The summed E-state index contributed by atoms with van der Waals surface area (Å²) in [7, 11) is 2.82. The van der Waals surface area contributed by atoms with Crippen LogP contribution in [0.3, 0.4) is 0 Å². The number of carbonyl (C=O) groups excluding carboxylic acids is 4. The minimum Gasteiger partial charge on any atom is -0.469 e. The molecule has 0 unspecified atom stereocenters. The van der Waals surface area contributed by atoms with Crippen molar-refractivity contribution >= 4 is 23.9 Å². The minimum atomic E-state index is -0.504. The lowest BCUT2D eigenvalue weighted by atomic mass is 9.91. The lowest BCUT2D eigenvalue weighted by Gasteiger charge is -2.35. The molecule has 0 aromatic rings. The van der Waals surface area contributed by atoms with Gasteiger partial charge in [-0.2, -0.15) is 0 Å². The van der Waals surface area contributed by atoms with Gasteiger partial charge in [-0.3, -0.25) is 14.4 Å². The fourth-order valence-electron chi connectivity index (χ4n) is 4.59. The zero-order valence-electron chi connectivity index (χ0n) is 22.0. The molecular formula is C25H43N3O7. The van der Waals surface area contributed by atoms with Crippen molar-refractivity contribution in [1.82, 2.24) is 15.1 Å². The van der Waals surface area contributed by atoms with E-state index in [9.17, 15) is 19.2 Å². The van der Waals surface area contributed by atoms with E-state index in [4.69, 9.17) is 14.2 Å². The van der Waals surface area contributed by atoms with E-state index < -0.39 is 17.6 Å². The first-order valence-electron chi connectivity index (χ1n) is 12.6. The van der Waals surface area contributed by atoms with Crippen LogP contribution >= 0.6 is 0 Å². The molecule has 0 radical (unpaired) electrons. The second-order valence-electron chi connectivity index (χ2n) is 10.6. The standard InChI is InChI=1S/C25H43N3O7/c1-25(2,3)35-24(32)27-13-10-18(11-14-27)8-9-21(29)28-12-6-7-19(16-28)23(31)26-20(17-33-4)15-22(30)34-5/h18-20H,6-17H2,1-5H3,(H,26,31)/t19-,20+/m1/s1. The summed E-state index contributed by atoms with van der Waals surface area (Å²) in [6.45, 7) is 8.13. The van der Waals surface area contributed by atoms with Crippen LogP contribution in [-0.4, -0.2) is 92.3 Å². The van der Waals surface area contributed by atoms with Crippen molar-refractivity contribution in [3.05, 3.63) is 0 Å². The Labute approximate surface area is 209 Å². The highest BCUT2D eigenvalue weighted by Gasteiger charge is 2.31. The van der Waals surface area contributed by atoms with E-state index in [1.54, 1.807) is 9.80 Å². The molecule has 2 rings (SSSR count). The van der Waals surface area contributed by atoms with Crippen molar-refractivity contribution in [2.75, 3.05) is 47.0 Å². The SMILES string of the molecule is COC[C@H](CC(=O)OC)NC(=O)[C@@H]1CCCN(C(=O)CCC2CCN(C(=O)OC(C)(C)C)CC2)C1. The van der Waals surface area contributed by atoms with E-state index in [2.05, 4.69) is 5.32 Å². The number of esters is 1. The summed E-state index contributed by atoms with van der Waals surface area (Å²) in [4.78, 5) is 53.0. The summed E-state index contributed by atoms with van der Waals surface area (Å²) in [5.74, 6) is -0.413. The Kier molecular flexibility index (Phi) is 11.3. The van der Waals surface area contributed by atoms with Gasteiger partial charge in [0.2, 0.25) is 11.8 Å². The zero-order valence-corrected chi connectivity index (χ0v) is 22.0. The number of rotatable bonds is 9. The minimum absolute atomic E-state index is 0.0399. The van der Waals surface area contributed by atoms with Gasteiger partial charge in [-0.25, -0.2) is 4.79 Å². The summed E-state index contributed by atoms with van der Waals surface area (Å²) < 4.78 is 15.2. The molecule has 2 saturated heterocycles. The molecule has 10 heteroatoms. The number of hydrogen-bond donors (Lipinski definition) is 1. The number of nitrogens with zero attached hydrogens (tertiary/aromatic N) is 2. The Morgan fingerprint density at radius 3 is 2.29 bits per heavy atom. The lowest BCUT2D eigenvalue weighted by Crippen LogP contribution is -2.49. The number of methoxy groups -OCH3 is 2. The van der Waals surface area contributed by atoms with Crippen molar-refractivity contribution in [1.29, 1.82) is 0 Å². The number of piperidine rings is 2. The Bertz CT molecular complexity index is 729. The fraction of sp³-hybridized carbons (Fsp3) is 0.840. The molecule has 0 aromatic carbocycles. The Morgan fingerprint density at radius 1 is 1.00 bits per heavy atom. The maximum Gasteiger partial charge on any atom is 0.410 e. The second-order valence-corrected chi connectivity index (χ2v) is 10.6. The summed E-state index contributed by atoms with van der Waals surface area (Å²) in [5.41, 5.74) is -0.504.